The van der Waals surface area contributed by atoms with Crippen LogP contribution >= 0.6 is 23.4 Å². The molecule has 0 radical (unpaired) electrons. The maximum atomic E-state index is 12.3. The standard InChI is InChI=1S/C22H25ClN2O4S/c1-14-10-15(2-5-19(14)23)12-25-8-6-16(7-9-25)24-21(27)13-30-17-3-4-18(22(28)29)20(26)11-17/h2-5,10-11,16,26H,6-9,12-13H2,1H3,(H,24,27)(H,28,29). The summed E-state index contributed by atoms with van der Waals surface area (Å²) in [4.78, 5) is 26.2. The first-order chi connectivity index (χ1) is 14.3. The molecule has 6 nitrogen and oxygen atoms in total. The minimum absolute atomic E-state index is 0.0615. The molecule has 3 N–H and O–H groups in total. The van der Waals surface area contributed by atoms with Gasteiger partial charge in [-0.25, -0.2) is 4.79 Å². The molecule has 1 heterocycles. The van der Waals surface area contributed by atoms with Gasteiger partial charge in [-0.05, 0) is 55.2 Å². The van der Waals surface area contributed by atoms with Crippen molar-refractivity contribution in [2.45, 2.75) is 37.2 Å². The molecule has 160 valence electrons. The Morgan fingerprint density at radius 1 is 1.20 bits per heavy atom. The van der Waals surface area contributed by atoms with Crippen molar-refractivity contribution in [3.05, 3.63) is 58.1 Å². The maximum Gasteiger partial charge on any atom is 0.339 e. The average Bonchev–Trinajstić information content (AvgIpc) is 2.70. The first kappa shape index (κ1) is 22.5. The molecule has 0 spiro atoms. The van der Waals surface area contributed by atoms with Crippen molar-refractivity contribution >= 4 is 35.2 Å². The molecule has 0 aliphatic carbocycles. The summed E-state index contributed by atoms with van der Waals surface area (Å²) in [6, 6.07) is 10.6. The quantitative estimate of drug-likeness (QED) is 0.556. The molecule has 3 rings (SSSR count). The maximum absolute atomic E-state index is 12.3. The predicted molar refractivity (Wildman–Crippen MR) is 118 cm³/mol. The number of thioether (sulfide) groups is 1. The summed E-state index contributed by atoms with van der Waals surface area (Å²) in [5.41, 5.74) is 2.18. The molecular formula is C22H25ClN2O4S. The molecule has 2 aromatic rings. The summed E-state index contributed by atoms with van der Waals surface area (Å²) in [7, 11) is 0. The van der Waals surface area contributed by atoms with Crippen molar-refractivity contribution in [3.8, 4) is 5.75 Å². The number of carbonyl (C=O) groups is 2. The number of carboxylic acids is 1. The van der Waals surface area contributed by atoms with E-state index in [0.717, 1.165) is 43.1 Å². The van der Waals surface area contributed by atoms with E-state index in [9.17, 15) is 14.7 Å². The van der Waals surface area contributed by atoms with Gasteiger partial charge in [0, 0.05) is 35.6 Å². The number of benzene rings is 2. The van der Waals surface area contributed by atoms with Crippen molar-refractivity contribution in [1.29, 1.82) is 0 Å². The number of carbonyl (C=O) groups excluding carboxylic acids is 1. The Morgan fingerprint density at radius 3 is 2.57 bits per heavy atom. The van der Waals surface area contributed by atoms with Gasteiger partial charge in [-0.1, -0.05) is 23.7 Å². The van der Waals surface area contributed by atoms with Crippen LogP contribution in [0.15, 0.2) is 41.3 Å². The van der Waals surface area contributed by atoms with Gasteiger partial charge in [-0.15, -0.1) is 11.8 Å². The molecule has 1 aliphatic rings. The number of amides is 1. The summed E-state index contributed by atoms with van der Waals surface area (Å²) in [6.07, 6.45) is 1.80. The largest absolute Gasteiger partial charge is 0.507 e. The Balaban J connectivity index is 1.41. The number of likely N-dealkylation sites (tertiary alicyclic amines) is 1. The Morgan fingerprint density at radius 2 is 1.93 bits per heavy atom. The molecule has 0 bridgehead atoms. The molecule has 1 aliphatic heterocycles. The molecule has 30 heavy (non-hydrogen) atoms. The number of aromatic carboxylic acids is 1. The lowest BCUT2D eigenvalue weighted by Gasteiger charge is -2.32. The van der Waals surface area contributed by atoms with Crippen LogP contribution in [0.2, 0.25) is 5.02 Å². The second-order valence-corrected chi connectivity index (χ2v) is 8.93. The Labute approximate surface area is 185 Å². The molecule has 2 aromatic carbocycles. The van der Waals surface area contributed by atoms with E-state index >= 15 is 0 Å². The monoisotopic (exact) mass is 448 g/mol. The number of hydrogen-bond donors (Lipinski definition) is 3. The first-order valence-electron chi connectivity index (χ1n) is 9.77. The van der Waals surface area contributed by atoms with Crippen LogP contribution in [-0.2, 0) is 11.3 Å². The number of piperidine rings is 1. The second kappa shape index (κ2) is 10.2. The molecular weight excluding hydrogens is 424 g/mol. The fourth-order valence-corrected chi connectivity index (χ4v) is 4.36. The number of aryl methyl sites for hydroxylation is 1. The summed E-state index contributed by atoms with van der Waals surface area (Å²) in [6.45, 7) is 4.73. The molecule has 1 fully saturated rings. The number of nitrogens with one attached hydrogen (secondary N) is 1. The van der Waals surface area contributed by atoms with Crippen LogP contribution in [0.5, 0.6) is 5.75 Å². The third-order valence-electron chi connectivity index (χ3n) is 5.15. The summed E-state index contributed by atoms with van der Waals surface area (Å²) >= 11 is 7.36. The van der Waals surface area contributed by atoms with Crippen LogP contribution in [0.25, 0.3) is 0 Å². The second-order valence-electron chi connectivity index (χ2n) is 7.47. The van der Waals surface area contributed by atoms with Crippen LogP contribution in [0, 0.1) is 6.92 Å². The van der Waals surface area contributed by atoms with Crippen molar-refractivity contribution in [2.24, 2.45) is 0 Å². The smallest absolute Gasteiger partial charge is 0.339 e. The number of hydrogen-bond acceptors (Lipinski definition) is 5. The van der Waals surface area contributed by atoms with Gasteiger partial charge >= 0.3 is 5.97 Å². The van der Waals surface area contributed by atoms with Crippen molar-refractivity contribution in [3.63, 3.8) is 0 Å². The number of nitrogens with zero attached hydrogens (tertiary/aromatic N) is 1. The van der Waals surface area contributed by atoms with E-state index in [1.54, 1.807) is 6.07 Å². The normalized spacial score (nSPS) is 15.1. The van der Waals surface area contributed by atoms with Crippen molar-refractivity contribution in [2.75, 3.05) is 18.8 Å². The highest BCUT2D eigenvalue weighted by atomic mass is 35.5. The number of aromatic hydroxyl groups is 1. The van der Waals surface area contributed by atoms with Gasteiger partial charge in [0.25, 0.3) is 0 Å². The molecule has 0 atom stereocenters. The van der Waals surface area contributed by atoms with E-state index in [1.165, 1.54) is 29.5 Å². The Bertz CT molecular complexity index is 929. The van der Waals surface area contributed by atoms with Gasteiger partial charge in [0.05, 0.1) is 5.75 Å². The highest BCUT2D eigenvalue weighted by Crippen LogP contribution is 2.26. The van der Waals surface area contributed by atoms with E-state index < -0.39 is 5.97 Å². The third-order valence-corrected chi connectivity index (χ3v) is 6.57. The predicted octanol–water partition coefficient (Wildman–Crippen LogP) is 3.93. The van der Waals surface area contributed by atoms with E-state index in [2.05, 4.69) is 22.3 Å². The van der Waals surface area contributed by atoms with Crippen LogP contribution in [0.3, 0.4) is 0 Å². The SMILES string of the molecule is Cc1cc(CN2CCC(NC(=O)CSc3ccc(C(=O)O)c(O)c3)CC2)ccc1Cl. The fraction of sp³-hybridized carbons (Fsp3) is 0.364. The summed E-state index contributed by atoms with van der Waals surface area (Å²) in [5.74, 6) is -1.32. The van der Waals surface area contributed by atoms with E-state index in [-0.39, 0.29) is 29.0 Å². The zero-order valence-electron chi connectivity index (χ0n) is 16.7. The lowest BCUT2D eigenvalue weighted by Crippen LogP contribution is -2.44. The Kier molecular flexibility index (Phi) is 7.64. The first-order valence-corrected chi connectivity index (χ1v) is 11.1. The third kappa shape index (κ3) is 6.14. The van der Waals surface area contributed by atoms with Gasteiger partial charge in [-0.3, -0.25) is 9.69 Å². The van der Waals surface area contributed by atoms with Gasteiger partial charge in [-0.2, -0.15) is 0 Å². The highest BCUT2D eigenvalue weighted by Gasteiger charge is 2.21. The van der Waals surface area contributed by atoms with Crippen LogP contribution in [0.1, 0.15) is 34.3 Å². The van der Waals surface area contributed by atoms with Crippen LogP contribution < -0.4 is 5.32 Å². The van der Waals surface area contributed by atoms with E-state index in [0.29, 0.717) is 4.90 Å². The van der Waals surface area contributed by atoms with Gasteiger partial charge < -0.3 is 15.5 Å². The van der Waals surface area contributed by atoms with Crippen LogP contribution in [0.4, 0.5) is 0 Å². The Hall–Kier alpha value is -2.22. The topological polar surface area (TPSA) is 89.9 Å². The molecule has 0 saturated carbocycles. The van der Waals surface area contributed by atoms with Gasteiger partial charge in [0.2, 0.25) is 5.91 Å². The molecule has 1 amide bonds. The molecule has 1 saturated heterocycles. The number of rotatable bonds is 7. The van der Waals surface area contributed by atoms with E-state index in [4.69, 9.17) is 16.7 Å². The van der Waals surface area contributed by atoms with Crippen molar-refractivity contribution < 1.29 is 19.8 Å². The zero-order chi connectivity index (χ0) is 21.7. The van der Waals surface area contributed by atoms with E-state index in [1.807, 2.05) is 13.0 Å². The molecule has 8 heteroatoms. The van der Waals surface area contributed by atoms with Crippen LogP contribution in [-0.4, -0.2) is 51.9 Å². The summed E-state index contributed by atoms with van der Waals surface area (Å²) < 4.78 is 0. The summed E-state index contributed by atoms with van der Waals surface area (Å²) in [5, 5.41) is 22.5. The lowest BCUT2D eigenvalue weighted by atomic mass is 10.0. The minimum atomic E-state index is -1.18. The molecule has 0 unspecified atom stereocenters. The lowest BCUT2D eigenvalue weighted by molar-refractivity contribution is -0.119. The minimum Gasteiger partial charge on any atom is -0.507 e. The number of phenols is 1. The van der Waals surface area contributed by atoms with Crippen molar-refractivity contribution in [1.82, 2.24) is 10.2 Å². The fourth-order valence-electron chi connectivity index (χ4n) is 3.50. The zero-order valence-corrected chi connectivity index (χ0v) is 18.3. The van der Waals surface area contributed by atoms with Gasteiger partial charge in [0.15, 0.2) is 0 Å². The number of halogens is 1. The highest BCUT2D eigenvalue weighted by molar-refractivity contribution is 8.00. The molecule has 0 aromatic heterocycles. The average molecular weight is 449 g/mol. The number of carboxylic acid groups (broad SMARTS) is 1. The van der Waals surface area contributed by atoms with Gasteiger partial charge in [0.1, 0.15) is 11.3 Å².